The molecule has 0 aliphatic heterocycles. The van der Waals surface area contributed by atoms with E-state index < -0.39 is 7.82 Å². The number of pyridine rings is 1. The van der Waals surface area contributed by atoms with Gasteiger partial charge in [-0.2, -0.15) is 4.57 Å². The van der Waals surface area contributed by atoms with Gasteiger partial charge in [-0.25, -0.2) is 4.57 Å². The quantitative estimate of drug-likeness (QED) is 0.570. The molecule has 1 heterocycles. The first-order valence-electron chi connectivity index (χ1n) is 7.12. The number of phosphoric ester groups is 1. The van der Waals surface area contributed by atoms with Gasteiger partial charge in [-0.3, -0.25) is 4.52 Å². The Morgan fingerprint density at radius 3 is 2.39 bits per heavy atom. The van der Waals surface area contributed by atoms with Gasteiger partial charge in [-0.05, 0) is 23.6 Å². The van der Waals surface area contributed by atoms with E-state index in [9.17, 15) is 4.57 Å². The summed E-state index contributed by atoms with van der Waals surface area (Å²) in [6.45, 7) is -0.161. The molecular formula is C17H17NO4P+. The van der Waals surface area contributed by atoms with E-state index in [1.807, 2.05) is 72.3 Å². The van der Waals surface area contributed by atoms with Crippen molar-refractivity contribution in [3.8, 4) is 11.3 Å². The third kappa shape index (κ3) is 3.49. The van der Waals surface area contributed by atoms with Crippen molar-refractivity contribution >= 4 is 18.6 Å². The minimum absolute atomic E-state index is 0.161. The lowest BCUT2D eigenvalue weighted by molar-refractivity contribution is -0.668. The average molecular weight is 330 g/mol. The summed E-state index contributed by atoms with van der Waals surface area (Å²) < 4.78 is 17.6. The molecule has 0 aliphatic rings. The third-order valence-electron chi connectivity index (χ3n) is 3.73. The van der Waals surface area contributed by atoms with Gasteiger partial charge in [0.05, 0.1) is 5.39 Å². The van der Waals surface area contributed by atoms with Crippen LogP contribution in [0.3, 0.4) is 0 Å². The number of fused-ring (bicyclic) bond motifs is 1. The fraction of sp³-hybridized carbons (Fsp3) is 0.118. The second kappa shape index (κ2) is 6.22. The van der Waals surface area contributed by atoms with Gasteiger partial charge in [0.25, 0.3) is 0 Å². The summed E-state index contributed by atoms with van der Waals surface area (Å²) in [7, 11) is -2.64. The molecule has 0 amide bonds. The van der Waals surface area contributed by atoms with Crippen LogP contribution in [-0.2, 0) is 22.7 Å². The highest BCUT2D eigenvalue weighted by molar-refractivity contribution is 7.46. The van der Waals surface area contributed by atoms with Crippen molar-refractivity contribution in [3.63, 3.8) is 0 Å². The molecule has 0 fully saturated rings. The standard InChI is InChI=1S/C17H16NO4P/c1-18-15(12-22-23(19,20)21)11-14-9-5-6-10-16(14)17(18)13-7-3-2-4-8-13/h2-11H,12H2,1H3,(H-,19,20,21)/p+1. The topological polar surface area (TPSA) is 70.6 Å². The molecule has 0 unspecified atom stereocenters. The van der Waals surface area contributed by atoms with Crippen LogP contribution in [-0.4, -0.2) is 9.79 Å². The van der Waals surface area contributed by atoms with Crippen LogP contribution in [0.2, 0.25) is 0 Å². The minimum Gasteiger partial charge on any atom is -0.303 e. The Morgan fingerprint density at radius 2 is 1.70 bits per heavy atom. The molecule has 118 valence electrons. The molecule has 0 spiro atoms. The molecule has 1 aromatic heterocycles. The minimum atomic E-state index is -4.51. The van der Waals surface area contributed by atoms with E-state index in [0.29, 0.717) is 5.69 Å². The number of hydrogen-bond acceptors (Lipinski definition) is 2. The highest BCUT2D eigenvalue weighted by Crippen LogP contribution is 2.37. The van der Waals surface area contributed by atoms with E-state index in [0.717, 1.165) is 22.0 Å². The number of aromatic nitrogens is 1. The first-order valence-corrected chi connectivity index (χ1v) is 8.65. The monoisotopic (exact) mass is 330 g/mol. The van der Waals surface area contributed by atoms with Crippen LogP contribution in [0.4, 0.5) is 0 Å². The fourth-order valence-electron chi connectivity index (χ4n) is 2.67. The lowest BCUT2D eigenvalue weighted by Gasteiger charge is -2.10. The summed E-state index contributed by atoms with van der Waals surface area (Å²) >= 11 is 0. The van der Waals surface area contributed by atoms with Crippen LogP contribution in [0.25, 0.3) is 22.0 Å². The third-order valence-corrected chi connectivity index (χ3v) is 4.20. The second-order valence-corrected chi connectivity index (χ2v) is 6.50. The van der Waals surface area contributed by atoms with E-state index in [-0.39, 0.29) is 6.61 Å². The van der Waals surface area contributed by atoms with Crippen molar-refractivity contribution in [2.45, 2.75) is 6.61 Å². The highest BCUT2D eigenvalue weighted by atomic mass is 31.2. The second-order valence-electron chi connectivity index (χ2n) is 5.26. The maximum atomic E-state index is 11.0. The molecular weight excluding hydrogens is 313 g/mol. The van der Waals surface area contributed by atoms with Gasteiger partial charge in [0.15, 0.2) is 0 Å². The van der Waals surface area contributed by atoms with Crippen molar-refractivity contribution in [2.75, 3.05) is 0 Å². The summed E-state index contributed by atoms with van der Waals surface area (Å²) in [5.74, 6) is 0. The lowest BCUT2D eigenvalue weighted by Crippen LogP contribution is -2.36. The van der Waals surface area contributed by atoms with Crippen molar-refractivity contribution in [1.29, 1.82) is 0 Å². The summed E-state index contributed by atoms with van der Waals surface area (Å²) in [6.07, 6.45) is 0. The number of phosphoric acid groups is 1. The van der Waals surface area contributed by atoms with E-state index in [1.165, 1.54) is 0 Å². The Morgan fingerprint density at radius 1 is 1.04 bits per heavy atom. The number of benzene rings is 2. The molecule has 0 radical (unpaired) electrons. The van der Waals surface area contributed by atoms with E-state index in [4.69, 9.17) is 9.79 Å². The van der Waals surface area contributed by atoms with Gasteiger partial charge in [0.2, 0.25) is 11.4 Å². The Kier molecular flexibility index (Phi) is 4.28. The molecule has 5 nitrogen and oxygen atoms in total. The first kappa shape index (κ1) is 15.8. The smallest absolute Gasteiger partial charge is 0.303 e. The van der Waals surface area contributed by atoms with Crippen LogP contribution in [0.1, 0.15) is 5.69 Å². The van der Waals surface area contributed by atoms with Crippen molar-refractivity contribution in [2.24, 2.45) is 7.05 Å². The van der Waals surface area contributed by atoms with Crippen LogP contribution in [0.5, 0.6) is 0 Å². The Hall–Kier alpha value is -2.04. The van der Waals surface area contributed by atoms with Gasteiger partial charge < -0.3 is 9.79 Å². The van der Waals surface area contributed by atoms with Gasteiger partial charge in [0, 0.05) is 11.6 Å². The van der Waals surface area contributed by atoms with E-state index in [1.54, 1.807) is 0 Å². The Labute approximate surface area is 134 Å². The molecule has 0 aliphatic carbocycles. The maximum Gasteiger partial charge on any atom is 0.470 e. The van der Waals surface area contributed by atoms with Crippen LogP contribution < -0.4 is 4.57 Å². The zero-order chi connectivity index (χ0) is 16.4. The molecule has 2 N–H and O–H groups in total. The van der Waals surface area contributed by atoms with Crippen molar-refractivity contribution in [1.82, 2.24) is 0 Å². The largest absolute Gasteiger partial charge is 0.470 e. The van der Waals surface area contributed by atoms with Crippen molar-refractivity contribution in [3.05, 3.63) is 66.4 Å². The van der Waals surface area contributed by atoms with Crippen LogP contribution in [0, 0.1) is 0 Å². The number of rotatable bonds is 4. The number of hydrogen-bond donors (Lipinski definition) is 2. The van der Waals surface area contributed by atoms with E-state index in [2.05, 4.69) is 4.52 Å². The average Bonchev–Trinajstić information content (AvgIpc) is 2.53. The maximum absolute atomic E-state index is 11.0. The Bertz CT molecular complexity index is 890. The molecule has 0 bridgehead atoms. The van der Waals surface area contributed by atoms with Gasteiger partial charge in [-0.1, -0.05) is 36.4 Å². The van der Waals surface area contributed by atoms with Crippen LogP contribution in [0.15, 0.2) is 60.7 Å². The fourth-order valence-corrected chi connectivity index (χ4v) is 2.97. The van der Waals surface area contributed by atoms with Crippen LogP contribution >= 0.6 is 7.82 Å². The predicted octanol–water partition coefficient (Wildman–Crippen LogP) is 2.94. The summed E-state index contributed by atoms with van der Waals surface area (Å²) in [4.78, 5) is 17.9. The molecule has 0 saturated heterocycles. The first-order chi connectivity index (χ1) is 11.0. The Balaban J connectivity index is 2.20. The summed E-state index contributed by atoms with van der Waals surface area (Å²) in [5.41, 5.74) is 2.70. The van der Waals surface area contributed by atoms with E-state index >= 15 is 0 Å². The highest BCUT2D eigenvalue weighted by Gasteiger charge is 2.22. The SMILES string of the molecule is C[n+]1c(COP(=O)(O)O)cc2ccccc2c1-c1ccccc1. The summed E-state index contributed by atoms with van der Waals surface area (Å²) in [6, 6.07) is 19.7. The molecule has 3 rings (SSSR count). The van der Waals surface area contributed by atoms with Gasteiger partial charge in [-0.15, -0.1) is 0 Å². The van der Waals surface area contributed by atoms with Gasteiger partial charge in [0.1, 0.15) is 13.7 Å². The van der Waals surface area contributed by atoms with Crippen molar-refractivity contribution < 1.29 is 23.4 Å². The molecule has 6 heteroatoms. The molecule has 0 atom stereocenters. The lowest BCUT2D eigenvalue weighted by atomic mass is 10.0. The molecule has 0 saturated carbocycles. The predicted molar refractivity (Wildman–Crippen MR) is 87.4 cm³/mol. The molecule has 23 heavy (non-hydrogen) atoms. The zero-order valence-electron chi connectivity index (χ0n) is 12.6. The number of nitrogens with zero attached hydrogens (tertiary/aromatic N) is 1. The molecule has 3 aromatic rings. The summed E-state index contributed by atoms with van der Waals surface area (Å²) in [5, 5.41) is 2.06. The van der Waals surface area contributed by atoms with Gasteiger partial charge >= 0.3 is 7.82 Å². The zero-order valence-corrected chi connectivity index (χ0v) is 13.5. The molecule has 2 aromatic carbocycles. The normalized spacial score (nSPS) is 11.8.